The number of rotatable bonds is 6. The lowest BCUT2D eigenvalue weighted by atomic mass is 9.89. The molecule has 0 unspecified atom stereocenters. The van der Waals surface area contributed by atoms with Crippen molar-refractivity contribution in [3.63, 3.8) is 0 Å². The van der Waals surface area contributed by atoms with E-state index in [0.29, 0.717) is 18.7 Å². The predicted molar refractivity (Wildman–Crippen MR) is 133 cm³/mol. The monoisotopic (exact) mass is 448 g/mol. The molecular weight excluding hydrogens is 412 g/mol. The van der Waals surface area contributed by atoms with Crippen molar-refractivity contribution >= 4 is 17.6 Å². The quantitative estimate of drug-likeness (QED) is 0.673. The molecule has 2 aliphatic rings. The number of para-hydroxylation sites is 1. The van der Waals surface area contributed by atoms with E-state index in [1.165, 1.54) is 25.7 Å². The van der Waals surface area contributed by atoms with E-state index < -0.39 is 0 Å². The van der Waals surface area contributed by atoms with Gasteiger partial charge in [-0.15, -0.1) is 0 Å². The molecule has 6 nitrogen and oxygen atoms in total. The Morgan fingerprint density at radius 3 is 2.45 bits per heavy atom. The average molecular weight is 449 g/mol. The summed E-state index contributed by atoms with van der Waals surface area (Å²) in [6.07, 6.45) is 7.15. The van der Waals surface area contributed by atoms with Crippen LogP contribution in [-0.2, 0) is 0 Å². The number of amides is 3. The Balaban J connectivity index is 1.30. The lowest BCUT2D eigenvalue weighted by Gasteiger charge is -2.33. The van der Waals surface area contributed by atoms with Crippen LogP contribution in [0.5, 0.6) is 0 Å². The van der Waals surface area contributed by atoms with Gasteiger partial charge in [0.2, 0.25) is 0 Å². The maximum absolute atomic E-state index is 12.8. The summed E-state index contributed by atoms with van der Waals surface area (Å²) in [5.41, 5.74) is 2.64. The Kier molecular flexibility index (Phi) is 8.36. The summed E-state index contributed by atoms with van der Waals surface area (Å²) >= 11 is 0. The summed E-state index contributed by atoms with van der Waals surface area (Å²) < 4.78 is 0. The number of carbonyl (C=O) groups excluding carboxylic acids is 2. The number of piperidine rings is 1. The van der Waals surface area contributed by atoms with Gasteiger partial charge in [-0.1, -0.05) is 43.2 Å². The summed E-state index contributed by atoms with van der Waals surface area (Å²) in [5.74, 6) is 0.228. The number of nitrogens with one attached hydrogen (secondary N) is 2. The highest BCUT2D eigenvalue weighted by atomic mass is 16.2. The molecule has 0 saturated carbocycles. The van der Waals surface area contributed by atoms with Gasteiger partial charge in [0.05, 0.1) is 0 Å². The van der Waals surface area contributed by atoms with Crippen LogP contribution in [0.15, 0.2) is 54.6 Å². The van der Waals surface area contributed by atoms with E-state index in [0.717, 1.165) is 50.3 Å². The van der Waals surface area contributed by atoms with Crippen molar-refractivity contribution in [2.45, 2.75) is 44.4 Å². The molecule has 1 atom stereocenters. The van der Waals surface area contributed by atoms with Crippen LogP contribution >= 0.6 is 0 Å². The molecule has 2 saturated heterocycles. The van der Waals surface area contributed by atoms with Gasteiger partial charge in [0.1, 0.15) is 0 Å². The standard InChI is InChI=1S/C27H36N4O2/c32-26(28-15-19-30-16-6-1-2-7-17-30)23-11-8-10-22(20-23)24-12-9-18-31(21-24)27(33)29-25-13-4-3-5-14-25/h3-5,8,10-11,13-14,20,24H,1-2,6-7,9,12,15-19,21H2,(H,28,32)(H,29,33)/t24-/m0/s1. The molecule has 0 radical (unpaired) electrons. The lowest BCUT2D eigenvalue weighted by molar-refractivity contribution is 0.0948. The van der Waals surface area contributed by atoms with Gasteiger partial charge in [0.15, 0.2) is 0 Å². The second kappa shape index (κ2) is 11.8. The van der Waals surface area contributed by atoms with E-state index in [1.54, 1.807) is 0 Å². The zero-order valence-corrected chi connectivity index (χ0v) is 19.5. The third-order valence-electron chi connectivity index (χ3n) is 6.77. The second-order valence-electron chi connectivity index (χ2n) is 9.22. The Morgan fingerprint density at radius 2 is 1.67 bits per heavy atom. The predicted octanol–water partition coefficient (Wildman–Crippen LogP) is 4.70. The molecule has 2 N–H and O–H groups in total. The Morgan fingerprint density at radius 1 is 0.879 bits per heavy atom. The SMILES string of the molecule is O=C(NCCN1CCCCCC1)c1cccc([C@H]2CCCN(C(=O)Nc3ccccc3)C2)c1. The number of nitrogens with zero attached hydrogens (tertiary/aromatic N) is 2. The van der Waals surface area contributed by atoms with Crippen molar-refractivity contribution in [2.75, 3.05) is 44.6 Å². The summed E-state index contributed by atoms with van der Waals surface area (Å²) in [7, 11) is 0. The first-order valence-electron chi connectivity index (χ1n) is 12.4. The van der Waals surface area contributed by atoms with Crippen LogP contribution in [0.3, 0.4) is 0 Å². The molecule has 0 spiro atoms. The first kappa shape index (κ1) is 23.3. The molecule has 2 aliphatic heterocycles. The number of hydrogen-bond donors (Lipinski definition) is 2. The van der Waals surface area contributed by atoms with Crippen molar-refractivity contribution in [3.05, 3.63) is 65.7 Å². The maximum Gasteiger partial charge on any atom is 0.321 e. The van der Waals surface area contributed by atoms with Crippen LogP contribution in [0.1, 0.15) is 60.4 Å². The first-order valence-corrected chi connectivity index (χ1v) is 12.4. The topological polar surface area (TPSA) is 64.7 Å². The van der Waals surface area contributed by atoms with Crippen LogP contribution in [0.25, 0.3) is 0 Å². The number of anilines is 1. The molecule has 2 heterocycles. The number of benzene rings is 2. The first-order chi connectivity index (χ1) is 16.2. The van der Waals surface area contributed by atoms with Crippen molar-refractivity contribution in [1.82, 2.24) is 15.1 Å². The lowest BCUT2D eigenvalue weighted by Crippen LogP contribution is -2.41. The Labute approximate surface area is 197 Å². The Bertz CT molecular complexity index is 909. The molecule has 4 rings (SSSR count). The fourth-order valence-corrected chi connectivity index (χ4v) is 4.88. The van der Waals surface area contributed by atoms with Gasteiger partial charge in [-0.25, -0.2) is 4.79 Å². The number of urea groups is 1. The molecule has 176 valence electrons. The van der Waals surface area contributed by atoms with Crippen molar-refractivity contribution < 1.29 is 9.59 Å². The molecule has 2 fully saturated rings. The molecule has 2 aromatic carbocycles. The molecule has 0 aliphatic carbocycles. The zero-order chi connectivity index (χ0) is 22.9. The number of likely N-dealkylation sites (tertiary alicyclic amines) is 2. The highest BCUT2D eigenvalue weighted by molar-refractivity contribution is 5.94. The van der Waals surface area contributed by atoms with Gasteiger partial charge in [0, 0.05) is 43.3 Å². The minimum atomic E-state index is -0.0617. The summed E-state index contributed by atoms with van der Waals surface area (Å²) in [6, 6.07) is 17.4. The Hall–Kier alpha value is -2.86. The van der Waals surface area contributed by atoms with E-state index in [4.69, 9.17) is 0 Å². The van der Waals surface area contributed by atoms with Crippen molar-refractivity contribution in [1.29, 1.82) is 0 Å². The van der Waals surface area contributed by atoms with Gasteiger partial charge in [-0.2, -0.15) is 0 Å². The second-order valence-corrected chi connectivity index (χ2v) is 9.22. The summed E-state index contributed by atoms with van der Waals surface area (Å²) in [6.45, 7) is 5.30. The molecular formula is C27H36N4O2. The third-order valence-corrected chi connectivity index (χ3v) is 6.77. The normalized spacial score (nSPS) is 19.5. The third kappa shape index (κ3) is 6.81. The van der Waals surface area contributed by atoms with Crippen LogP contribution in [-0.4, -0.2) is 61.0 Å². The highest BCUT2D eigenvalue weighted by Crippen LogP contribution is 2.28. The number of hydrogen-bond acceptors (Lipinski definition) is 3. The minimum Gasteiger partial charge on any atom is -0.351 e. The van der Waals surface area contributed by atoms with E-state index in [1.807, 2.05) is 53.4 Å². The van der Waals surface area contributed by atoms with Crippen LogP contribution in [0.4, 0.5) is 10.5 Å². The molecule has 2 aromatic rings. The number of carbonyl (C=O) groups is 2. The maximum atomic E-state index is 12.8. The largest absolute Gasteiger partial charge is 0.351 e. The van der Waals surface area contributed by atoms with E-state index in [2.05, 4.69) is 21.6 Å². The minimum absolute atomic E-state index is 0.0128. The van der Waals surface area contributed by atoms with E-state index in [-0.39, 0.29) is 17.9 Å². The van der Waals surface area contributed by atoms with Gasteiger partial charge in [-0.3, -0.25) is 4.79 Å². The van der Waals surface area contributed by atoms with Crippen molar-refractivity contribution in [3.8, 4) is 0 Å². The summed E-state index contributed by atoms with van der Waals surface area (Å²) in [5, 5.41) is 6.08. The fraction of sp³-hybridized carbons (Fsp3) is 0.481. The summed E-state index contributed by atoms with van der Waals surface area (Å²) in [4.78, 5) is 29.8. The van der Waals surface area contributed by atoms with Gasteiger partial charge >= 0.3 is 6.03 Å². The average Bonchev–Trinajstić information content (AvgIpc) is 3.14. The molecule has 6 heteroatoms. The molecule has 0 aromatic heterocycles. The molecule has 0 bridgehead atoms. The van der Waals surface area contributed by atoms with Gasteiger partial charge in [0.25, 0.3) is 5.91 Å². The van der Waals surface area contributed by atoms with Crippen LogP contribution in [0.2, 0.25) is 0 Å². The zero-order valence-electron chi connectivity index (χ0n) is 19.5. The highest BCUT2D eigenvalue weighted by Gasteiger charge is 2.25. The molecule has 3 amide bonds. The van der Waals surface area contributed by atoms with Crippen LogP contribution < -0.4 is 10.6 Å². The molecule has 33 heavy (non-hydrogen) atoms. The van der Waals surface area contributed by atoms with Gasteiger partial charge < -0.3 is 20.4 Å². The van der Waals surface area contributed by atoms with Crippen LogP contribution in [0, 0.1) is 0 Å². The van der Waals surface area contributed by atoms with Crippen molar-refractivity contribution in [2.24, 2.45) is 0 Å². The van der Waals surface area contributed by atoms with Gasteiger partial charge in [-0.05, 0) is 68.6 Å². The van der Waals surface area contributed by atoms with E-state index >= 15 is 0 Å². The smallest absolute Gasteiger partial charge is 0.321 e. The fourth-order valence-electron chi connectivity index (χ4n) is 4.88. The van der Waals surface area contributed by atoms with E-state index in [9.17, 15) is 9.59 Å².